The second-order valence-corrected chi connectivity index (χ2v) is 4.34. The molecule has 0 radical (unpaired) electrons. The first-order valence-electron chi connectivity index (χ1n) is 5.29. The average molecular weight is 221 g/mol. The van der Waals surface area contributed by atoms with Gasteiger partial charge in [-0.05, 0) is 18.7 Å². The number of carbonyl (C=O) groups is 1. The van der Waals surface area contributed by atoms with Crippen molar-refractivity contribution in [1.29, 1.82) is 0 Å². The predicted octanol–water partition coefficient (Wildman–Crippen LogP) is 1.40. The molecule has 1 aliphatic rings. The number of fused-ring (bicyclic) bond motifs is 1. The average Bonchev–Trinajstić information content (AvgIpc) is 2.18. The van der Waals surface area contributed by atoms with E-state index in [-0.39, 0.29) is 18.1 Å². The number of rotatable bonds is 2. The van der Waals surface area contributed by atoms with Crippen molar-refractivity contribution >= 4 is 5.97 Å². The van der Waals surface area contributed by atoms with E-state index in [1.807, 2.05) is 18.0 Å². The molecular weight excluding hydrogens is 206 g/mol. The smallest absolute Gasteiger partial charge is 0.304 e. The molecule has 2 rings (SSSR count). The molecule has 1 unspecified atom stereocenters. The number of phenols is 1. The van der Waals surface area contributed by atoms with Crippen molar-refractivity contribution in [2.24, 2.45) is 0 Å². The predicted molar refractivity (Wildman–Crippen MR) is 59.4 cm³/mol. The summed E-state index contributed by atoms with van der Waals surface area (Å²) < 4.78 is 0. The van der Waals surface area contributed by atoms with Gasteiger partial charge in [0.15, 0.2) is 0 Å². The van der Waals surface area contributed by atoms with Crippen molar-refractivity contribution in [1.82, 2.24) is 4.90 Å². The Hall–Kier alpha value is -1.55. The van der Waals surface area contributed by atoms with E-state index in [0.717, 1.165) is 17.7 Å². The van der Waals surface area contributed by atoms with Crippen molar-refractivity contribution in [3.05, 3.63) is 29.3 Å². The van der Waals surface area contributed by atoms with Gasteiger partial charge in [0.1, 0.15) is 5.75 Å². The molecule has 0 saturated carbocycles. The Morgan fingerprint density at radius 3 is 3.00 bits per heavy atom. The summed E-state index contributed by atoms with van der Waals surface area (Å²) in [5, 5.41) is 18.6. The molecule has 0 fully saturated rings. The molecule has 0 bridgehead atoms. The zero-order valence-electron chi connectivity index (χ0n) is 9.18. The number of nitrogens with zero attached hydrogens (tertiary/aromatic N) is 1. The zero-order valence-corrected chi connectivity index (χ0v) is 9.18. The highest BCUT2D eigenvalue weighted by Crippen LogP contribution is 2.34. The summed E-state index contributed by atoms with van der Waals surface area (Å²) in [5.74, 6) is -0.563. The summed E-state index contributed by atoms with van der Waals surface area (Å²) in [4.78, 5) is 12.8. The number of phenolic OH excluding ortho intramolecular Hbond substituents is 1. The van der Waals surface area contributed by atoms with E-state index in [0.29, 0.717) is 6.54 Å². The minimum absolute atomic E-state index is 0.0293. The zero-order chi connectivity index (χ0) is 11.7. The summed E-state index contributed by atoms with van der Waals surface area (Å²) in [6, 6.07) is 5.33. The van der Waals surface area contributed by atoms with Crippen LogP contribution in [-0.2, 0) is 11.3 Å². The van der Waals surface area contributed by atoms with Gasteiger partial charge in [0.25, 0.3) is 0 Å². The molecular formula is C12H15NO3. The summed E-state index contributed by atoms with van der Waals surface area (Å²) >= 11 is 0. The Morgan fingerprint density at radius 1 is 1.56 bits per heavy atom. The Labute approximate surface area is 94.1 Å². The SMILES string of the molecule is CN1Cc2c(O)cccc2C(CC(=O)O)C1. The summed E-state index contributed by atoms with van der Waals surface area (Å²) in [6.45, 7) is 1.40. The molecule has 1 aromatic rings. The summed E-state index contributed by atoms with van der Waals surface area (Å²) in [6.07, 6.45) is 0.112. The molecule has 4 heteroatoms. The third-order valence-electron chi connectivity index (χ3n) is 3.01. The van der Waals surface area contributed by atoms with Crippen LogP contribution in [0.15, 0.2) is 18.2 Å². The normalized spacial score (nSPS) is 20.4. The molecule has 16 heavy (non-hydrogen) atoms. The van der Waals surface area contributed by atoms with Crippen molar-refractivity contribution in [2.45, 2.75) is 18.9 Å². The van der Waals surface area contributed by atoms with Crippen molar-refractivity contribution < 1.29 is 15.0 Å². The van der Waals surface area contributed by atoms with Gasteiger partial charge in [-0.1, -0.05) is 12.1 Å². The maximum Gasteiger partial charge on any atom is 0.304 e. The Morgan fingerprint density at radius 2 is 2.31 bits per heavy atom. The van der Waals surface area contributed by atoms with Crippen LogP contribution in [0.1, 0.15) is 23.5 Å². The highest BCUT2D eigenvalue weighted by Gasteiger charge is 2.26. The van der Waals surface area contributed by atoms with Crippen LogP contribution < -0.4 is 0 Å². The lowest BCUT2D eigenvalue weighted by Crippen LogP contribution is -2.31. The summed E-state index contributed by atoms with van der Waals surface area (Å²) in [7, 11) is 1.93. The number of hydrogen-bond acceptors (Lipinski definition) is 3. The number of aliphatic carboxylic acids is 1. The molecule has 86 valence electrons. The van der Waals surface area contributed by atoms with E-state index in [1.165, 1.54) is 0 Å². The Balaban J connectivity index is 2.38. The maximum atomic E-state index is 10.8. The van der Waals surface area contributed by atoms with Gasteiger partial charge in [0, 0.05) is 24.6 Å². The van der Waals surface area contributed by atoms with E-state index in [9.17, 15) is 9.90 Å². The van der Waals surface area contributed by atoms with Crippen LogP contribution in [0.2, 0.25) is 0 Å². The van der Waals surface area contributed by atoms with Gasteiger partial charge in [-0.3, -0.25) is 4.79 Å². The van der Waals surface area contributed by atoms with Gasteiger partial charge in [-0.2, -0.15) is 0 Å². The fourth-order valence-electron chi connectivity index (χ4n) is 2.34. The van der Waals surface area contributed by atoms with Gasteiger partial charge in [-0.15, -0.1) is 0 Å². The molecule has 1 aliphatic heterocycles. The molecule has 1 atom stereocenters. The van der Waals surface area contributed by atoms with E-state index >= 15 is 0 Å². The first-order chi connectivity index (χ1) is 7.58. The van der Waals surface area contributed by atoms with Crippen LogP contribution in [0.5, 0.6) is 5.75 Å². The highest BCUT2D eigenvalue weighted by molar-refractivity contribution is 5.68. The van der Waals surface area contributed by atoms with Crippen molar-refractivity contribution in [2.75, 3.05) is 13.6 Å². The fourth-order valence-corrected chi connectivity index (χ4v) is 2.34. The number of hydrogen-bond donors (Lipinski definition) is 2. The van der Waals surface area contributed by atoms with Gasteiger partial charge < -0.3 is 15.1 Å². The van der Waals surface area contributed by atoms with E-state index in [2.05, 4.69) is 0 Å². The minimum Gasteiger partial charge on any atom is -0.508 e. The monoisotopic (exact) mass is 221 g/mol. The number of carboxylic acids is 1. The third-order valence-corrected chi connectivity index (χ3v) is 3.01. The van der Waals surface area contributed by atoms with Gasteiger partial charge >= 0.3 is 5.97 Å². The summed E-state index contributed by atoms with van der Waals surface area (Å²) in [5.41, 5.74) is 1.84. The lowest BCUT2D eigenvalue weighted by atomic mass is 9.87. The minimum atomic E-state index is -0.797. The second kappa shape index (κ2) is 4.14. The van der Waals surface area contributed by atoms with Crippen LogP contribution in [0.4, 0.5) is 0 Å². The number of benzene rings is 1. The number of aromatic hydroxyl groups is 1. The highest BCUT2D eigenvalue weighted by atomic mass is 16.4. The first-order valence-corrected chi connectivity index (χ1v) is 5.29. The Bertz CT molecular complexity index is 417. The molecule has 0 aliphatic carbocycles. The van der Waals surface area contributed by atoms with E-state index in [4.69, 9.17) is 5.11 Å². The molecule has 0 aromatic heterocycles. The van der Waals surface area contributed by atoms with Crippen molar-refractivity contribution in [3.8, 4) is 5.75 Å². The van der Waals surface area contributed by atoms with Crippen molar-refractivity contribution in [3.63, 3.8) is 0 Å². The van der Waals surface area contributed by atoms with Crippen LogP contribution in [0.3, 0.4) is 0 Å². The third kappa shape index (κ3) is 2.02. The lowest BCUT2D eigenvalue weighted by molar-refractivity contribution is -0.137. The molecule has 1 heterocycles. The quantitative estimate of drug-likeness (QED) is 0.792. The molecule has 4 nitrogen and oxygen atoms in total. The van der Waals surface area contributed by atoms with Crippen LogP contribution >= 0.6 is 0 Å². The largest absolute Gasteiger partial charge is 0.508 e. The van der Waals surface area contributed by atoms with E-state index in [1.54, 1.807) is 12.1 Å². The maximum absolute atomic E-state index is 10.8. The molecule has 2 N–H and O–H groups in total. The standard InChI is InChI=1S/C12H15NO3/c1-13-6-8(5-12(15)16)9-3-2-4-11(14)10(9)7-13/h2-4,8,14H,5-7H2,1H3,(H,15,16). The fraction of sp³-hybridized carbons (Fsp3) is 0.417. The van der Waals surface area contributed by atoms with E-state index < -0.39 is 5.97 Å². The lowest BCUT2D eigenvalue weighted by Gasteiger charge is -2.31. The van der Waals surface area contributed by atoms with Crippen LogP contribution in [0, 0.1) is 0 Å². The number of carboxylic acid groups (broad SMARTS) is 1. The van der Waals surface area contributed by atoms with Gasteiger partial charge in [0.2, 0.25) is 0 Å². The topological polar surface area (TPSA) is 60.8 Å². The molecule has 1 aromatic carbocycles. The van der Waals surface area contributed by atoms with Gasteiger partial charge in [-0.25, -0.2) is 0 Å². The first kappa shape index (κ1) is 11.0. The second-order valence-electron chi connectivity index (χ2n) is 4.34. The molecule has 0 amide bonds. The van der Waals surface area contributed by atoms with Crippen LogP contribution in [-0.4, -0.2) is 34.7 Å². The Kier molecular flexibility index (Phi) is 2.83. The van der Waals surface area contributed by atoms with Crippen LogP contribution in [0.25, 0.3) is 0 Å². The molecule has 0 saturated heterocycles. The number of likely N-dealkylation sites (N-methyl/N-ethyl adjacent to an activating group) is 1. The molecule has 0 spiro atoms. The van der Waals surface area contributed by atoms with Gasteiger partial charge in [0.05, 0.1) is 6.42 Å².